The Hall–Kier alpha value is -2.86. The molecule has 0 atom stereocenters. The molecule has 4 aromatic carbocycles. The van der Waals surface area contributed by atoms with Gasteiger partial charge in [-0.1, -0.05) is 90.5 Å². The van der Waals surface area contributed by atoms with E-state index in [0.717, 1.165) is 6.42 Å². The van der Waals surface area contributed by atoms with E-state index in [1.807, 2.05) is 0 Å². The lowest BCUT2D eigenvalue weighted by molar-refractivity contribution is 1.21. The number of aryl methyl sites for hydroxylation is 1. The first kappa shape index (κ1) is 14.7. The van der Waals surface area contributed by atoms with Gasteiger partial charge in [0.1, 0.15) is 0 Å². The molecule has 0 N–H and O–H groups in total. The van der Waals surface area contributed by atoms with Crippen molar-refractivity contribution in [2.45, 2.75) is 13.3 Å². The molecule has 0 fully saturated rings. The Labute approximate surface area is 143 Å². The van der Waals surface area contributed by atoms with Crippen LogP contribution in [0.1, 0.15) is 16.7 Å². The number of benzene rings is 4. The first-order valence-corrected chi connectivity index (χ1v) is 8.42. The Balaban J connectivity index is 1.86. The van der Waals surface area contributed by atoms with Crippen molar-refractivity contribution in [2.75, 3.05) is 0 Å². The van der Waals surface area contributed by atoms with Crippen LogP contribution < -0.4 is 0 Å². The fraction of sp³-hybridized carbons (Fsp3) is 0.0833. The summed E-state index contributed by atoms with van der Waals surface area (Å²) in [4.78, 5) is 0. The zero-order valence-corrected chi connectivity index (χ0v) is 13.9. The zero-order chi connectivity index (χ0) is 16.4. The van der Waals surface area contributed by atoms with Crippen molar-refractivity contribution in [3.05, 3.63) is 108 Å². The minimum Gasteiger partial charge on any atom is -0.0622 e. The van der Waals surface area contributed by atoms with Gasteiger partial charge in [0.2, 0.25) is 0 Å². The minimum atomic E-state index is 0.959. The van der Waals surface area contributed by atoms with Crippen LogP contribution in [-0.2, 0) is 6.42 Å². The van der Waals surface area contributed by atoms with Gasteiger partial charge in [-0.2, -0.15) is 0 Å². The van der Waals surface area contributed by atoms with Crippen LogP contribution in [0.25, 0.3) is 21.9 Å². The van der Waals surface area contributed by atoms with Crippen molar-refractivity contribution < 1.29 is 0 Å². The van der Waals surface area contributed by atoms with Crippen LogP contribution in [0.5, 0.6) is 0 Å². The van der Waals surface area contributed by atoms with Gasteiger partial charge in [-0.05, 0) is 52.4 Å². The highest BCUT2D eigenvalue weighted by Gasteiger charge is 2.07. The summed E-state index contributed by atoms with van der Waals surface area (Å²) in [6, 6.07) is 32.8. The SMILES string of the molecule is Cc1ccc(-c2cc(Cc3ccccc3)c3ccccc3c2)cc1. The van der Waals surface area contributed by atoms with E-state index in [1.165, 1.54) is 38.6 Å². The molecule has 0 spiro atoms. The van der Waals surface area contributed by atoms with Crippen molar-refractivity contribution >= 4 is 10.8 Å². The van der Waals surface area contributed by atoms with Gasteiger partial charge in [-0.15, -0.1) is 0 Å². The highest BCUT2D eigenvalue weighted by Crippen LogP contribution is 2.29. The predicted octanol–water partition coefficient (Wildman–Crippen LogP) is 6.41. The molecule has 0 heteroatoms. The van der Waals surface area contributed by atoms with Crippen molar-refractivity contribution in [3.63, 3.8) is 0 Å². The number of rotatable bonds is 3. The van der Waals surface area contributed by atoms with Crippen LogP contribution in [0.3, 0.4) is 0 Å². The number of hydrogen-bond donors (Lipinski definition) is 0. The van der Waals surface area contributed by atoms with E-state index >= 15 is 0 Å². The Morgan fingerprint density at radius 3 is 2.12 bits per heavy atom. The standard InChI is InChI=1S/C24H20/c1-18-11-13-20(14-12-18)22-16-21-9-5-6-10-24(21)23(17-22)15-19-7-3-2-4-8-19/h2-14,16-17H,15H2,1H3. The number of fused-ring (bicyclic) bond motifs is 1. The van der Waals surface area contributed by atoms with Gasteiger partial charge in [-0.25, -0.2) is 0 Å². The summed E-state index contributed by atoms with van der Waals surface area (Å²) in [5.41, 5.74) is 6.60. The Morgan fingerprint density at radius 2 is 1.33 bits per heavy atom. The number of hydrogen-bond acceptors (Lipinski definition) is 0. The summed E-state index contributed by atoms with van der Waals surface area (Å²) < 4.78 is 0. The van der Waals surface area contributed by atoms with Gasteiger partial charge < -0.3 is 0 Å². The molecule has 0 heterocycles. The first-order valence-electron chi connectivity index (χ1n) is 8.42. The zero-order valence-electron chi connectivity index (χ0n) is 13.9. The molecule has 0 saturated carbocycles. The van der Waals surface area contributed by atoms with Crippen LogP contribution in [-0.4, -0.2) is 0 Å². The predicted molar refractivity (Wildman–Crippen MR) is 103 cm³/mol. The van der Waals surface area contributed by atoms with Gasteiger partial charge in [0.25, 0.3) is 0 Å². The lowest BCUT2D eigenvalue weighted by Gasteiger charge is -2.11. The smallest absolute Gasteiger partial charge is 0.00194 e. The molecular formula is C24H20. The summed E-state index contributed by atoms with van der Waals surface area (Å²) in [6.45, 7) is 2.13. The fourth-order valence-electron chi connectivity index (χ4n) is 3.26. The monoisotopic (exact) mass is 308 g/mol. The van der Waals surface area contributed by atoms with Gasteiger partial charge in [0.15, 0.2) is 0 Å². The summed E-state index contributed by atoms with van der Waals surface area (Å²) in [5, 5.41) is 2.65. The van der Waals surface area contributed by atoms with E-state index < -0.39 is 0 Å². The second kappa shape index (κ2) is 6.33. The van der Waals surface area contributed by atoms with Crippen LogP contribution in [0.2, 0.25) is 0 Å². The third kappa shape index (κ3) is 2.96. The Morgan fingerprint density at radius 1 is 0.625 bits per heavy atom. The largest absolute Gasteiger partial charge is 0.0622 e. The van der Waals surface area contributed by atoms with Crippen LogP contribution in [0.4, 0.5) is 0 Å². The summed E-state index contributed by atoms with van der Waals surface area (Å²) in [7, 11) is 0. The van der Waals surface area contributed by atoms with E-state index in [2.05, 4.69) is 97.9 Å². The van der Waals surface area contributed by atoms with Gasteiger partial charge in [0.05, 0.1) is 0 Å². The Bertz CT molecular complexity index is 964. The third-order valence-corrected chi connectivity index (χ3v) is 4.57. The second-order valence-electron chi connectivity index (χ2n) is 6.38. The van der Waals surface area contributed by atoms with Crippen LogP contribution in [0.15, 0.2) is 91.0 Å². The van der Waals surface area contributed by atoms with Crippen molar-refractivity contribution in [1.29, 1.82) is 0 Å². The minimum absolute atomic E-state index is 0.959. The molecule has 0 saturated heterocycles. The normalized spacial score (nSPS) is 10.9. The van der Waals surface area contributed by atoms with Crippen molar-refractivity contribution in [3.8, 4) is 11.1 Å². The van der Waals surface area contributed by atoms with E-state index in [1.54, 1.807) is 0 Å². The summed E-state index contributed by atoms with van der Waals surface area (Å²) in [5.74, 6) is 0. The molecule has 0 aliphatic rings. The molecule has 4 rings (SSSR count). The molecule has 0 aliphatic heterocycles. The second-order valence-corrected chi connectivity index (χ2v) is 6.38. The maximum atomic E-state index is 2.35. The fourth-order valence-corrected chi connectivity index (χ4v) is 3.26. The van der Waals surface area contributed by atoms with Gasteiger partial charge in [-0.3, -0.25) is 0 Å². The molecule has 0 unspecified atom stereocenters. The maximum absolute atomic E-state index is 2.35. The lowest BCUT2D eigenvalue weighted by Crippen LogP contribution is -1.91. The molecule has 0 bridgehead atoms. The van der Waals surface area contributed by atoms with E-state index in [4.69, 9.17) is 0 Å². The molecule has 0 aliphatic carbocycles. The quantitative estimate of drug-likeness (QED) is 0.410. The lowest BCUT2D eigenvalue weighted by atomic mass is 9.93. The molecule has 4 aromatic rings. The summed E-state index contributed by atoms with van der Waals surface area (Å²) in [6.07, 6.45) is 0.959. The van der Waals surface area contributed by atoms with Gasteiger partial charge in [0, 0.05) is 0 Å². The van der Waals surface area contributed by atoms with Crippen LogP contribution >= 0.6 is 0 Å². The molecule has 24 heavy (non-hydrogen) atoms. The maximum Gasteiger partial charge on any atom is -0.00194 e. The topological polar surface area (TPSA) is 0 Å². The average Bonchev–Trinajstić information content (AvgIpc) is 2.63. The van der Waals surface area contributed by atoms with E-state index in [-0.39, 0.29) is 0 Å². The van der Waals surface area contributed by atoms with Gasteiger partial charge >= 0.3 is 0 Å². The van der Waals surface area contributed by atoms with Crippen molar-refractivity contribution in [1.82, 2.24) is 0 Å². The Kier molecular flexibility index (Phi) is 3.88. The molecule has 0 nitrogen and oxygen atoms in total. The highest BCUT2D eigenvalue weighted by molar-refractivity contribution is 5.90. The van der Waals surface area contributed by atoms with E-state index in [9.17, 15) is 0 Å². The summed E-state index contributed by atoms with van der Waals surface area (Å²) >= 11 is 0. The highest BCUT2D eigenvalue weighted by atomic mass is 14.1. The molecule has 0 aromatic heterocycles. The van der Waals surface area contributed by atoms with E-state index in [0.29, 0.717) is 0 Å². The first-order chi connectivity index (χ1) is 11.8. The third-order valence-electron chi connectivity index (χ3n) is 4.57. The molecule has 0 radical (unpaired) electrons. The molecule has 0 amide bonds. The van der Waals surface area contributed by atoms with Crippen molar-refractivity contribution in [2.24, 2.45) is 0 Å². The molecular weight excluding hydrogens is 288 g/mol. The van der Waals surface area contributed by atoms with Crippen LogP contribution in [0, 0.1) is 6.92 Å². The average molecular weight is 308 g/mol. The molecule has 116 valence electrons.